The zero-order valence-corrected chi connectivity index (χ0v) is 16.7. The number of nitrogens with zero attached hydrogens (tertiary/aromatic N) is 2. The summed E-state index contributed by atoms with van der Waals surface area (Å²) in [6, 6.07) is 14.7. The number of carbonyl (C=O) groups is 1. The van der Waals surface area contributed by atoms with Crippen LogP contribution in [0, 0.1) is 0 Å². The second-order valence-corrected chi connectivity index (χ2v) is 6.70. The standard InChI is InChI=1S/C21H19Cl2N3O2/c1-2-28-17-9-6-15(7-10-17)8-11-20(27)25-19-12-13-24-26(19)14-16-4-3-5-18(22)21(16)23/h3-13H,2,14H2,1H3,(H,25,27)/b11-8+. The maximum Gasteiger partial charge on any atom is 0.249 e. The Bertz CT molecular complexity index is 982. The normalized spacial score (nSPS) is 11.0. The van der Waals surface area contributed by atoms with Crippen molar-refractivity contribution in [2.24, 2.45) is 0 Å². The molecule has 0 unspecified atom stereocenters. The van der Waals surface area contributed by atoms with Crippen LogP contribution >= 0.6 is 23.2 Å². The van der Waals surface area contributed by atoms with Crippen molar-refractivity contribution in [2.75, 3.05) is 11.9 Å². The third kappa shape index (κ3) is 5.15. The van der Waals surface area contributed by atoms with Crippen molar-refractivity contribution in [1.29, 1.82) is 0 Å². The van der Waals surface area contributed by atoms with Gasteiger partial charge < -0.3 is 10.1 Å². The van der Waals surface area contributed by atoms with Gasteiger partial charge in [-0.2, -0.15) is 5.10 Å². The van der Waals surface area contributed by atoms with Crippen LogP contribution in [0.4, 0.5) is 5.82 Å². The van der Waals surface area contributed by atoms with E-state index in [1.165, 1.54) is 6.08 Å². The lowest BCUT2D eigenvalue weighted by Gasteiger charge is -2.10. The topological polar surface area (TPSA) is 56.1 Å². The largest absolute Gasteiger partial charge is 0.494 e. The fourth-order valence-corrected chi connectivity index (χ4v) is 2.96. The SMILES string of the molecule is CCOc1ccc(/C=C/C(=O)Nc2ccnn2Cc2cccc(Cl)c2Cl)cc1. The zero-order chi connectivity index (χ0) is 19.9. The van der Waals surface area contributed by atoms with Gasteiger partial charge >= 0.3 is 0 Å². The molecule has 0 aliphatic rings. The summed E-state index contributed by atoms with van der Waals surface area (Å²) in [6.07, 6.45) is 4.82. The highest BCUT2D eigenvalue weighted by Crippen LogP contribution is 2.26. The highest BCUT2D eigenvalue weighted by Gasteiger charge is 2.09. The smallest absolute Gasteiger partial charge is 0.249 e. The van der Waals surface area contributed by atoms with E-state index in [0.717, 1.165) is 16.9 Å². The molecule has 7 heteroatoms. The van der Waals surface area contributed by atoms with Gasteiger partial charge in [0, 0.05) is 12.1 Å². The molecule has 3 aromatic rings. The highest BCUT2D eigenvalue weighted by molar-refractivity contribution is 6.42. The lowest BCUT2D eigenvalue weighted by molar-refractivity contribution is -0.111. The second kappa shape index (κ2) is 9.44. The molecule has 0 aliphatic carbocycles. The summed E-state index contributed by atoms with van der Waals surface area (Å²) < 4.78 is 7.06. The van der Waals surface area contributed by atoms with Crippen LogP contribution in [0.2, 0.25) is 10.0 Å². The number of benzene rings is 2. The third-order valence-electron chi connectivity index (χ3n) is 3.94. The van der Waals surface area contributed by atoms with Crippen molar-refractivity contribution in [1.82, 2.24) is 9.78 Å². The molecule has 0 atom stereocenters. The summed E-state index contributed by atoms with van der Waals surface area (Å²) in [5.74, 6) is 1.11. The fraction of sp³-hybridized carbons (Fsp3) is 0.143. The molecule has 1 heterocycles. The first-order valence-corrected chi connectivity index (χ1v) is 9.49. The van der Waals surface area contributed by atoms with E-state index in [9.17, 15) is 4.79 Å². The minimum atomic E-state index is -0.257. The Balaban J connectivity index is 1.65. The number of rotatable bonds is 7. The van der Waals surface area contributed by atoms with E-state index in [2.05, 4.69) is 10.4 Å². The van der Waals surface area contributed by atoms with Crippen LogP contribution in [0.5, 0.6) is 5.75 Å². The number of halogens is 2. The van der Waals surface area contributed by atoms with Gasteiger partial charge in [-0.05, 0) is 42.3 Å². The number of nitrogens with one attached hydrogen (secondary N) is 1. The minimum absolute atomic E-state index is 0.257. The number of amides is 1. The van der Waals surface area contributed by atoms with Crippen molar-refractivity contribution in [3.8, 4) is 5.75 Å². The molecular weight excluding hydrogens is 397 g/mol. The van der Waals surface area contributed by atoms with Crippen LogP contribution < -0.4 is 10.1 Å². The van der Waals surface area contributed by atoms with Crippen LogP contribution in [-0.2, 0) is 11.3 Å². The van der Waals surface area contributed by atoms with Crippen LogP contribution in [0.1, 0.15) is 18.1 Å². The Morgan fingerprint density at radius 2 is 1.96 bits per heavy atom. The summed E-state index contributed by atoms with van der Waals surface area (Å²) in [4.78, 5) is 12.3. The molecule has 0 aliphatic heterocycles. The molecule has 5 nitrogen and oxygen atoms in total. The van der Waals surface area contributed by atoms with Crippen molar-refractivity contribution in [2.45, 2.75) is 13.5 Å². The van der Waals surface area contributed by atoms with Gasteiger partial charge in [-0.3, -0.25) is 4.79 Å². The lowest BCUT2D eigenvalue weighted by atomic mass is 10.2. The first-order chi connectivity index (χ1) is 13.6. The number of aromatic nitrogens is 2. The van der Waals surface area contributed by atoms with Crippen LogP contribution in [0.3, 0.4) is 0 Å². The van der Waals surface area contributed by atoms with Gasteiger partial charge in [0.2, 0.25) is 5.91 Å². The van der Waals surface area contributed by atoms with Crippen molar-refractivity contribution in [3.05, 3.63) is 82.0 Å². The van der Waals surface area contributed by atoms with Crippen molar-refractivity contribution >= 4 is 41.0 Å². The lowest BCUT2D eigenvalue weighted by Crippen LogP contribution is -2.14. The molecule has 1 aromatic heterocycles. The van der Waals surface area contributed by atoms with E-state index in [1.54, 1.807) is 29.1 Å². The maximum absolute atomic E-state index is 12.3. The first kappa shape index (κ1) is 20.0. The Hall–Kier alpha value is -2.76. The van der Waals surface area contributed by atoms with Gasteiger partial charge in [-0.15, -0.1) is 0 Å². The minimum Gasteiger partial charge on any atom is -0.494 e. The van der Waals surface area contributed by atoms with Gasteiger partial charge in [-0.25, -0.2) is 4.68 Å². The Kier molecular flexibility index (Phi) is 6.74. The summed E-state index contributed by atoms with van der Waals surface area (Å²) in [5.41, 5.74) is 1.72. The average molecular weight is 416 g/mol. The van der Waals surface area contributed by atoms with E-state index in [4.69, 9.17) is 27.9 Å². The summed E-state index contributed by atoms with van der Waals surface area (Å²) in [5, 5.41) is 8.02. The highest BCUT2D eigenvalue weighted by atomic mass is 35.5. The zero-order valence-electron chi connectivity index (χ0n) is 15.2. The summed E-state index contributed by atoms with van der Waals surface area (Å²) in [6.45, 7) is 2.94. The number of carbonyl (C=O) groups excluding carboxylic acids is 1. The number of hydrogen-bond donors (Lipinski definition) is 1. The molecule has 0 saturated heterocycles. The molecule has 1 amide bonds. The maximum atomic E-state index is 12.3. The molecule has 28 heavy (non-hydrogen) atoms. The third-order valence-corrected chi connectivity index (χ3v) is 4.80. The van der Waals surface area contributed by atoms with E-state index in [-0.39, 0.29) is 5.91 Å². The molecule has 2 aromatic carbocycles. The van der Waals surface area contributed by atoms with Crippen LogP contribution in [-0.4, -0.2) is 22.3 Å². The van der Waals surface area contributed by atoms with Crippen molar-refractivity contribution in [3.63, 3.8) is 0 Å². The van der Waals surface area contributed by atoms with Gasteiger partial charge in [0.15, 0.2) is 0 Å². The predicted octanol–water partition coefficient (Wildman–Crippen LogP) is 5.29. The Labute approximate surface area is 173 Å². The molecule has 1 N–H and O–H groups in total. The van der Waals surface area contributed by atoms with Gasteiger partial charge in [0.25, 0.3) is 0 Å². The summed E-state index contributed by atoms with van der Waals surface area (Å²) >= 11 is 12.3. The van der Waals surface area contributed by atoms with E-state index >= 15 is 0 Å². The molecule has 0 spiro atoms. The number of anilines is 1. The van der Waals surface area contributed by atoms with Gasteiger partial charge in [0.05, 0.1) is 29.4 Å². The monoisotopic (exact) mass is 415 g/mol. The molecule has 3 rings (SSSR count). The molecule has 0 fully saturated rings. The van der Waals surface area contributed by atoms with Crippen LogP contribution in [0.15, 0.2) is 60.8 Å². The molecule has 0 bridgehead atoms. The van der Waals surface area contributed by atoms with Gasteiger partial charge in [0.1, 0.15) is 11.6 Å². The van der Waals surface area contributed by atoms with Crippen LogP contribution in [0.25, 0.3) is 6.08 Å². The van der Waals surface area contributed by atoms with Crippen molar-refractivity contribution < 1.29 is 9.53 Å². The predicted molar refractivity (Wildman–Crippen MR) is 113 cm³/mol. The number of ether oxygens (including phenoxy) is 1. The fourth-order valence-electron chi connectivity index (χ4n) is 2.58. The Morgan fingerprint density at radius 1 is 1.18 bits per heavy atom. The summed E-state index contributed by atoms with van der Waals surface area (Å²) in [7, 11) is 0. The molecule has 0 saturated carbocycles. The average Bonchev–Trinajstić information content (AvgIpc) is 3.12. The van der Waals surface area contributed by atoms with E-state index in [1.807, 2.05) is 43.3 Å². The number of hydrogen-bond acceptors (Lipinski definition) is 3. The molecule has 0 radical (unpaired) electrons. The second-order valence-electron chi connectivity index (χ2n) is 5.91. The Morgan fingerprint density at radius 3 is 2.71 bits per heavy atom. The van der Waals surface area contributed by atoms with Gasteiger partial charge in [-0.1, -0.05) is 47.5 Å². The molecule has 144 valence electrons. The molecular formula is C21H19Cl2N3O2. The van der Waals surface area contributed by atoms with E-state index < -0.39 is 0 Å². The quantitative estimate of drug-likeness (QED) is 0.533. The van der Waals surface area contributed by atoms with E-state index in [0.29, 0.717) is 29.0 Å². The first-order valence-electron chi connectivity index (χ1n) is 8.73.